The van der Waals surface area contributed by atoms with E-state index in [4.69, 9.17) is 4.74 Å². The molecule has 17 heavy (non-hydrogen) atoms. The first-order chi connectivity index (χ1) is 7.49. The van der Waals surface area contributed by atoms with Crippen molar-refractivity contribution in [2.75, 3.05) is 11.5 Å². The van der Waals surface area contributed by atoms with Gasteiger partial charge >= 0.3 is 5.97 Å². The maximum Gasteiger partial charge on any atom is 0.306 e. The van der Waals surface area contributed by atoms with Gasteiger partial charge in [0.15, 0.2) is 0 Å². The van der Waals surface area contributed by atoms with Crippen molar-refractivity contribution in [2.45, 2.75) is 52.6 Å². The van der Waals surface area contributed by atoms with Gasteiger partial charge in [0.2, 0.25) is 0 Å². The summed E-state index contributed by atoms with van der Waals surface area (Å²) in [6.07, 6.45) is 0.277. The summed E-state index contributed by atoms with van der Waals surface area (Å²) in [7, 11) is 0. The van der Waals surface area contributed by atoms with Gasteiger partial charge in [-0.1, -0.05) is 6.92 Å². The van der Waals surface area contributed by atoms with Crippen molar-refractivity contribution >= 4 is 17.7 Å². The lowest BCUT2D eigenvalue weighted by molar-refractivity contribution is -0.155. The molecular formula is C12H22F2O2S. The summed E-state index contributed by atoms with van der Waals surface area (Å²) in [5.74, 6) is -2.52. The van der Waals surface area contributed by atoms with Crippen LogP contribution in [-0.2, 0) is 9.53 Å². The van der Waals surface area contributed by atoms with Crippen LogP contribution in [0, 0.1) is 5.92 Å². The van der Waals surface area contributed by atoms with Gasteiger partial charge in [0, 0.05) is 13.3 Å². The van der Waals surface area contributed by atoms with E-state index < -0.39 is 11.5 Å². The zero-order chi connectivity index (χ0) is 13.7. The molecular weight excluding hydrogens is 246 g/mol. The lowest BCUT2D eigenvalue weighted by Gasteiger charge is -2.21. The fourth-order valence-corrected chi connectivity index (χ4v) is 2.16. The highest BCUT2D eigenvalue weighted by atomic mass is 32.2. The number of carbonyl (C=O) groups is 1. The van der Waals surface area contributed by atoms with E-state index in [2.05, 4.69) is 0 Å². The van der Waals surface area contributed by atoms with Gasteiger partial charge in [-0.3, -0.25) is 4.79 Å². The van der Waals surface area contributed by atoms with Gasteiger partial charge < -0.3 is 4.74 Å². The van der Waals surface area contributed by atoms with E-state index in [1.807, 2.05) is 27.7 Å². The van der Waals surface area contributed by atoms with Crippen LogP contribution in [0.4, 0.5) is 8.78 Å². The zero-order valence-corrected chi connectivity index (χ0v) is 12.0. The third-order valence-electron chi connectivity index (χ3n) is 1.69. The second-order valence-electron chi connectivity index (χ2n) is 5.48. The number of ether oxygens (including phenoxy) is 1. The number of hydrogen-bond acceptors (Lipinski definition) is 3. The molecule has 0 spiro atoms. The van der Waals surface area contributed by atoms with Crippen molar-refractivity contribution in [3.8, 4) is 0 Å². The van der Waals surface area contributed by atoms with E-state index >= 15 is 0 Å². The molecule has 0 aliphatic heterocycles. The highest BCUT2D eigenvalue weighted by Crippen LogP contribution is 2.22. The lowest BCUT2D eigenvalue weighted by atomic mass is 10.1. The van der Waals surface area contributed by atoms with Crippen molar-refractivity contribution in [3.63, 3.8) is 0 Å². The van der Waals surface area contributed by atoms with Gasteiger partial charge in [-0.25, -0.2) is 8.78 Å². The Morgan fingerprint density at radius 3 is 2.24 bits per heavy atom. The molecule has 2 nitrogen and oxygen atoms in total. The fraction of sp³-hybridized carbons (Fsp3) is 0.917. The monoisotopic (exact) mass is 268 g/mol. The molecule has 0 fully saturated rings. The van der Waals surface area contributed by atoms with E-state index in [1.165, 1.54) is 11.8 Å². The Labute approximate surface area is 106 Å². The summed E-state index contributed by atoms with van der Waals surface area (Å²) >= 11 is 1.17. The quantitative estimate of drug-likeness (QED) is 0.686. The summed E-state index contributed by atoms with van der Waals surface area (Å²) in [5.41, 5.74) is -0.486. The van der Waals surface area contributed by atoms with Crippen molar-refractivity contribution in [2.24, 2.45) is 5.92 Å². The topological polar surface area (TPSA) is 26.3 Å². The zero-order valence-electron chi connectivity index (χ0n) is 11.2. The van der Waals surface area contributed by atoms with E-state index in [9.17, 15) is 13.6 Å². The molecule has 0 radical (unpaired) electrons. The minimum atomic E-state index is -2.64. The molecule has 0 rings (SSSR count). The first kappa shape index (κ1) is 16.7. The molecule has 0 heterocycles. The van der Waals surface area contributed by atoms with E-state index in [0.717, 1.165) is 6.92 Å². The molecule has 0 aromatic carbocycles. The molecule has 0 aromatic rings. The average Bonchev–Trinajstić information content (AvgIpc) is 1.96. The molecule has 0 bridgehead atoms. The van der Waals surface area contributed by atoms with Crippen molar-refractivity contribution in [1.29, 1.82) is 0 Å². The molecule has 0 unspecified atom stereocenters. The smallest absolute Gasteiger partial charge is 0.306 e. The van der Waals surface area contributed by atoms with Gasteiger partial charge in [-0.15, -0.1) is 0 Å². The van der Waals surface area contributed by atoms with Gasteiger partial charge in [0.1, 0.15) is 5.60 Å². The van der Waals surface area contributed by atoms with Gasteiger partial charge in [0.25, 0.3) is 5.92 Å². The number of thioether (sulfide) groups is 1. The Morgan fingerprint density at radius 1 is 1.29 bits per heavy atom. The first-order valence-electron chi connectivity index (χ1n) is 5.67. The van der Waals surface area contributed by atoms with Crippen LogP contribution < -0.4 is 0 Å². The van der Waals surface area contributed by atoms with E-state index in [0.29, 0.717) is 5.75 Å². The number of hydrogen-bond donors (Lipinski definition) is 0. The number of halogens is 2. The number of alkyl halides is 2. The number of carbonyl (C=O) groups excluding carboxylic acids is 1. The molecule has 0 N–H and O–H groups in total. The Hall–Kier alpha value is -0.320. The third-order valence-corrected chi connectivity index (χ3v) is 3.21. The third kappa shape index (κ3) is 11.9. The minimum Gasteiger partial charge on any atom is -0.460 e. The molecule has 1 atom stereocenters. The van der Waals surface area contributed by atoms with Crippen LogP contribution in [0.3, 0.4) is 0 Å². The average molecular weight is 268 g/mol. The second kappa shape index (κ2) is 6.57. The van der Waals surface area contributed by atoms with Crippen LogP contribution in [-0.4, -0.2) is 29.0 Å². The normalized spacial score (nSPS) is 14.5. The maximum absolute atomic E-state index is 12.5. The SMILES string of the molecule is C[C@H](CSCC(C)(F)F)CC(=O)OC(C)(C)C. The van der Waals surface area contributed by atoms with Crippen LogP contribution in [0.15, 0.2) is 0 Å². The summed E-state index contributed by atoms with van der Waals surface area (Å²) in [6, 6.07) is 0. The number of esters is 1. The Morgan fingerprint density at radius 2 is 1.82 bits per heavy atom. The molecule has 102 valence electrons. The Kier molecular flexibility index (Phi) is 6.45. The molecule has 0 saturated carbocycles. The number of rotatable bonds is 6. The predicted octanol–water partition coefficient (Wildman–Crippen LogP) is 3.74. The van der Waals surface area contributed by atoms with Crippen molar-refractivity contribution in [1.82, 2.24) is 0 Å². The summed E-state index contributed by atoms with van der Waals surface area (Å²) in [5, 5.41) is 0. The molecule has 0 aliphatic carbocycles. The van der Waals surface area contributed by atoms with Crippen LogP contribution in [0.5, 0.6) is 0 Å². The standard InChI is InChI=1S/C12H22F2O2S/c1-9(7-17-8-12(5,13)14)6-10(15)16-11(2,3)4/h9H,6-8H2,1-5H3/t9-/m0/s1. The van der Waals surface area contributed by atoms with E-state index in [1.54, 1.807) is 0 Å². The fourth-order valence-electron chi connectivity index (χ4n) is 1.17. The first-order valence-corrected chi connectivity index (χ1v) is 6.82. The molecule has 0 aromatic heterocycles. The van der Waals surface area contributed by atoms with Crippen LogP contribution >= 0.6 is 11.8 Å². The Balaban J connectivity index is 3.79. The summed E-state index contributed by atoms with van der Waals surface area (Å²) in [6.45, 7) is 8.19. The van der Waals surface area contributed by atoms with Crippen molar-refractivity contribution < 1.29 is 18.3 Å². The Bertz CT molecular complexity index is 244. The molecule has 0 saturated heterocycles. The maximum atomic E-state index is 12.5. The largest absolute Gasteiger partial charge is 0.460 e. The van der Waals surface area contributed by atoms with Gasteiger partial charge in [-0.05, 0) is 32.4 Å². The molecule has 0 aliphatic rings. The second-order valence-corrected chi connectivity index (χ2v) is 6.51. The van der Waals surface area contributed by atoms with Crippen LogP contribution in [0.2, 0.25) is 0 Å². The minimum absolute atomic E-state index is 0.0530. The lowest BCUT2D eigenvalue weighted by Crippen LogP contribution is -2.25. The van der Waals surface area contributed by atoms with Crippen LogP contribution in [0.1, 0.15) is 41.0 Å². The highest BCUT2D eigenvalue weighted by molar-refractivity contribution is 7.99. The van der Waals surface area contributed by atoms with Crippen molar-refractivity contribution in [3.05, 3.63) is 0 Å². The van der Waals surface area contributed by atoms with E-state index in [-0.39, 0.29) is 24.1 Å². The summed E-state index contributed by atoms with van der Waals surface area (Å²) in [4.78, 5) is 11.4. The van der Waals surface area contributed by atoms with Gasteiger partial charge in [-0.2, -0.15) is 11.8 Å². The molecule has 0 amide bonds. The van der Waals surface area contributed by atoms with Crippen LogP contribution in [0.25, 0.3) is 0 Å². The highest BCUT2D eigenvalue weighted by Gasteiger charge is 2.22. The van der Waals surface area contributed by atoms with Gasteiger partial charge in [0.05, 0.1) is 5.75 Å². The predicted molar refractivity (Wildman–Crippen MR) is 67.6 cm³/mol. The summed E-state index contributed by atoms with van der Waals surface area (Å²) < 4.78 is 30.2. The molecule has 5 heteroatoms.